The predicted molar refractivity (Wildman–Crippen MR) is 132 cm³/mol. The van der Waals surface area contributed by atoms with E-state index in [9.17, 15) is 4.79 Å². The van der Waals surface area contributed by atoms with Crippen molar-refractivity contribution in [2.45, 2.75) is 66.6 Å². The minimum atomic E-state index is -0.733. The van der Waals surface area contributed by atoms with Gasteiger partial charge in [0.1, 0.15) is 0 Å². The average Bonchev–Trinajstić information content (AvgIpc) is 2.71. The van der Waals surface area contributed by atoms with Gasteiger partial charge in [0.2, 0.25) is 11.7 Å². The third-order valence-corrected chi connectivity index (χ3v) is 6.07. The summed E-state index contributed by atoms with van der Waals surface area (Å²) in [5.41, 5.74) is 1.21. The molecule has 0 unspecified atom stereocenters. The molecule has 0 fully saturated rings. The first kappa shape index (κ1) is 28.0. The highest BCUT2D eigenvalue weighted by molar-refractivity contribution is 5.78. The van der Waals surface area contributed by atoms with Crippen LogP contribution in [0.3, 0.4) is 0 Å². The predicted octanol–water partition coefficient (Wildman–Crippen LogP) is 5.97. The normalized spacial score (nSPS) is 14.1. The van der Waals surface area contributed by atoms with Crippen molar-refractivity contribution in [1.82, 2.24) is 4.90 Å². The first-order valence-electron chi connectivity index (χ1n) is 11.7. The summed E-state index contributed by atoms with van der Waals surface area (Å²) in [6.45, 7) is 12.5. The van der Waals surface area contributed by atoms with Crippen LogP contribution in [0.2, 0.25) is 0 Å². The van der Waals surface area contributed by atoms with Crippen LogP contribution in [0.15, 0.2) is 30.4 Å². The van der Waals surface area contributed by atoms with E-state index >= 15 is 0 Å². The number of amides is 1. The number of ether oxygens (including phenoxy) is 3. The van der Waals surface area contributed by atoms with Gasteiger partial charge in [0.15, 0.2) is 11.5 Å². The first-order chi connectivity index (χ1) is 14.9. The van der Waals surface area contributed by atoms with Crippen molar-refractivity contribution in [3.8, 4) is 11.5 Å². The van der Waals surface area contributed by atoms with Crippen LogP contribution in [-0.4, -0.2) is 44.9 Å². The van der Waals surface area contributed by atoms with Crippen LogP contribution in [0.4, 0.5) is 0 Å². The van der Waals surface area contributed by atoms with Gasteiger partial charge < -0.3 is 19.1 Å². The summed E-state index contributed by atoms with van der Waals surface area (Å²) in [5.74, 6) is 2.24. The van der Waals surface area contributed by atoms with Crippen LogP contribution in [0.5, 0.6) is 11.5 Å². The van der Waals surface area contributed by atoms with E-state index in [1.807, 2.05) is 34.0 Å². The monoisotopic (exact) mass is 447 g/mol. The number of benzene rings is 1. The maximum Gasteiger partial charge on any atom is 0.225 e. The van der Waals surface area contributed by atoms with Crippen LogP contribution in [0.25, 0.3) is 0 Å². The van der Waals surface area contributed by atoms with E-state index < -0.39 is 5.79 Å². The second-order valence-electron chi connectivity index (χ2n) is 9.93. The molecule has 1 rings (SSSR count). The van der Waals surface area contributed by atoms with Gasteiger partial charge in [0.05, 0.1) is 7.11 Å². The first-order valence-corrected chi connectivity index (χ1v) is 11.7. The van der Waals surface area contributed by atoms with Crippen molar-refractivity contribution in [3.63, 3.8) is 0 Å². The van der Waals surface area contributed by atoms with Gasteiger partial charge in [-0.15, -0.1) is 0 Å². The molecule has 0 spiro atoms. The molecular formula is C27H45NO4. The van der Waals surface area contributed by atoms with E-state index in [0.29, 0.717) is 29.3 Å². The maximum absolute atomic E-state index is 12.4. The van der Waals surface area contributed by atoms with Crippen LogP contribution < -0.4 is 9.47 Å². The number of methoxy groups -OCH3 is 2. The lowest BCUT2D eigenvalue weighted by Gasteiger charge is -2.26. The largest absolute Gasteiger partial charge is 0.493 e. The van der Waals surface area contributed by atoms with Crippen LogP contribution >= 0.6 is 0 Å². The Kier molecular flexibility index (Phi) is 11.3. The third kappa shape index (κ3) is 8.85. The molecule has 5 heteroatoms. The molecule has 0 aliphatic heterocycles. The molecule has 0 aliphatic rings. The molecule has 0 bridgehead atoms. The summed E-state index contributed by atoms with van der Waals surface area (Å²) in [7, 11) is 6.94. The Balaban J connectivity index is 2.89. The standard InChI is InChI=1S/C27H45NO4/c1-19(2)22(13-11-12-14-23(20(3)4)26(29)28(7)8)17-21-15-16-24(30-9)25(18-21)32-27(5,6)31-10/h11-12,15-16,18-20,22-23H,13-14,17H2,1-10H3/b12-11+/t22-,23+/m1/s1. The van der Waals surface area contributed by atoms with Crippen molar-refractivity contribution in [3.05, 3.63) is 35.9 Å². The quantitative estimate of drug-likeness (QED) is 0.276. The highest BCUT2D eigenvalue weighted by Crippen LogP contribution is 2.33. The van der Waals surface area contributed by atoms with Crippen LogP contribution in [0, 0.1) is 23.7 Å². The number of hydrogen-bond donors (Lipinski definition) is 0. The molecule has 0 heterocycles. The molecule has 1 amide bonds. The molecule has 32 heavy (non-hydrogen) atoms. The molecule has 182 valence electrons. The summed E-state index contributed by atoms with van der Waals surface area (Å²) < 4.78 is 16.9. The second-order valence-corrected chi connectivity index (χ2v) is 9.93. The summed E-state index contributed by atoms with van der Waals surface area (Å²) in [4.78, 5) is 14.1. The number of carbonyl (C=O) groups is 1. The Morgan fingerprint density at radius 1 is 1.00 bits per heavy atom. The number of hydrogen-bond acceptors (Lipinski definition) is 4. The summed E-state index contributed by atoms with van der Waals surface area (Å²) >= 11 is 0. The zero-order valence-electron chi connectivity index (χ0n) is 21.9. The maximum atomic E-state index is 12.4. The Hall–Kier alpha value is -2.01. The highest BCUT2D eigenvalue weighted by atomic mass is 16.7. The van der Waals surface area contributed by atoms with E-state index in [2.05, 4.69) is 52.0 Å². The minimum Gasteiger partial charge on any atom is -0.493 e. The van der Waals surface area contributed by atoms with Gasteiger partial charge >= 0.3 is 0 Å². The fourth-order valence-electron chi connectivity index (χ4n) is 3.63. The van der Waals surface area contributed by atoms with Gasteiger partial charge in [0, 0.05) is 41.0 Å². The van der Waals surface area contributed by atoms with E-state index in [0.717, 1.165) is 19.3 Å². The fraction of sp³-hybridized carbons (Fsp3) is 0.667. The molecular weight excluding hydrogens is 402 g/mol. The van der Waals surface area contributed by atoms with Gasteiger partial charge in [-0.05, 0) is 54.7 Å². The number of carbonyl (C=O) groups excluding carboxylic acids is 1. The van der Waals surface area contributed by atoms with E-state index in [4.69, 9.17) is 14.2 Å². The van der Waals surface area contributed by atoms with Gasteiger partial charge in [-0.2, -0.15) is 0 Å². The van der Waals surface area contributed by atoms with E-state index in [1.165, 1.54) is 5.56 Å². The van der Waals surface area contributed by atoms with Gasteiger partial charge in [0.25, 0.3) is 0 Å². The third-order valence-electron chi connectivity index (χ3n) is 6.07. The summed E-state index contributed by atoms with van der Waals surface area (Å²) in [5, 5.41) is 0. The lowest BCUT2D eigenvalue weighted by Crippen LogP contribution is -2.32. The van der Waals surface area contributed by atoms with Crippen molar-refractivity contribution < 1.29 is 19.0 Å². The average molecular weight is 448 g/mol. The molecule has 0 aromatic heterocycles. The SMILES string of the molecule is COc1ccc(C[C@@H](C/C=C/C[C@H](C(=O)N(C)C)C(C)C)C(C)C)cc1OC(C)(C)OC. The van der Waals surface area contributed by atoms with Gasteiger partial charge in [-0.25, -0.2) is 0 Å². The molecule has 0 saturated carbocycles. The molecule has 1 aromatic rings. The molecule has 0 aliphatic carbocycles. The highest BCUT2D eigenvalue weighted by Gasteiger charge is 2.23. The van der Waals surface area contributed by atoms with Gasteiger partial charge in [-0.1, -0.05) is 45.9 Å². The van der Waals surface area contributed by atoms with Crippen molar-refractivity contribution in [2.75, 3.05) is 28.3 Å². The fourth-order valence-corrected chi connectivity index (χ4v) is 3.63. The lowest BCUT2D eigenvalue weighted by atomic mass is 9.85. The molecule has 0 N–H and O–H groups in total. The Bertz CT molecular complexity index is 737. The molecule has 1 aromatic carbocycles. The van der Waals surface area contributed by atoms with E-state index in [1.54, 1.807) is 19.1 Å². The van der Waals surface area contributed by atoms with Crippen LogP contribution in [-0.2, 0) is 16.0 Å². The topological polar surface area (TPSA) is 48.0 Å². The Labute approximate surface area is 196 Å². The number of rotatable bonds is 13. The Morgan fingerprint density at radius 3 is 2.12 bits per heavy atom. The second kappa shape index (κ2) is 12.9. The molecule has 2 atom stereocenters. The number of allylic oxidation sites excluding steroid dienone is 2. The van der Waals surface area contributed by atoms with E-state index in [-0.39, 0.29) is 11.8 Å². The summed E-state index contributed by atoms with van der Waals surface area (Å²) in [6, 6.07) is 6.13. The zero-order valence-corrected chi connectivity index (χ0v) is 21.9. The number of nitrogens with zero attached hydrogens (tertiary/aromatic N) is 1. The van der Waals surface area contributed by atoms with Crippen molar-refractivity contribution in [2.24, 2.45) is 23.7 Å². The smallest absolute Gasteiger partial charge is 0.225 e. The zero-order chi connectivity index (χ0) is 24.5. The Morgan fingerprint density at radius 2 is 1.62 bits per heavy atom. The molecule has 5 nitrogen and oxygen atoms in total. The lowest BCUT2D eigenvalue weighted by molar-refractivity contribution is -0.135. The minimum absolute atomic E-state index is 0.0317. The van der Waals surface area contributed by atoms with Crippen molar-refractivity contribution >= 4 is 5.91 Å². The van der Waals surface area contributed by atoms with Crippen molar-refractivity contribution in [1.29, 1.82) is 0 Å². The summed E-state index contributed by atoms with van der Waals surface area (Å²) in [6.07, 6.45) is 7.14. The van der Waals surface area contributed by atoms with Gasteiger partial charge in [-0.3, -0.25) is 4.79 Å². The molecule has 0 radical (unpaired) electrons. The molecule has 0 saturated heterocycles. The van der Waals surface area contributed by atoms with Crippen LogP contribution in [0.1, 0.15) is 59.9 Å².